The molecule has 1 aliphatic carbocycles. The molecule has 0 saturated heterocycles. The predicted octanol–water partition coefficient (Wildman–Crippen LogP) is 17.6. The van der Waals surface area contributed by atoms with Gasteiger partial charge >= 0.3 is 0 Å². The topological polar surface area (TPSA) is 99.4 Å². The molecule has 0 unspecified atom stereocenters. The van der Waals surface area contributed by atoms with E-state index in [1.807, 2.05) is 0 Å². The van der Waals surface area contributed by atoms with Gasteiger partial charge in [0.1, 0.15) is 47.7 Å². The van der Waals surface area contributed by atoms with E-state index in [1.54, 1.807) is 0 Å². The lowest BCUT2D eigenvalue weighted by atomic mass is 9.79. The number of phenols is 4. The van der Waals surface area contributed by atoms with Crippen LogP contribution < -0.4 is 9.47 Å². The van der Waals surface area contributed by atoms with Crippen molar-refractivity contribution in [3.8, 4) is 34.5 Å². The van der Waals surface area contributed by atoms with Gasteiger partial charge in [0.2, 0.25) is 0 Å². The largest absolute Gasteiger partial charge is 0.507 e. The molecule has 0 spiro atoms. The molecule has 6 nitrogen and oxygen atoms in total. The normalized spacial score (nSPS) is 14.6. The van der Waals surface area contributed by atoms with Crippen molar-refractivity contribution in [2.45, 2.75) is 209 Å². The molecule has 80 heavy (non-hydrogen) atoms. The summed E-state index contributed by atoms with van der Waals surface area (Å²) < 4.78 is 14.5. The van der Waals surface area contributed by atoms with Gasteiger partial charge in [-0.05, 0) is 144 Å². The number of fused-ring (bicyclic) bond motifs is 9. The van der Waals surface area contributed by atoms with Gasteiger partial charge in [-0.25, -0.2) is 0 Å². The second-order valence-electron chi connectivity index (χ2n) is 29.7. The predicted molar refractivity (Wildman–Crippen MR) is 329 cm³/mol. The van der Waals surface area contributed by atoms with E-state index in [0.717, 1.165) is 101 Å². The van der Waals surface area contributed by atoms with Crippen molar-refractivity contribution < 1.29 is 29.9 Å². The minimum Gasteiger partial charge on any atom is -0.507 e. The summed E-state index contributed by atoms with van der Waals surface area (Å²) in [6, 6.07) is 34.5. The van der Waals surface area contributed by atoms with Crippen LogP contribution in [0.2, 0.25) is 0 Å². The van der Waals surface area contributed by atoms with Crippen molar-refractivity contribution in [3.05, 3.63) is 208 Å². The third kappa shape index (κ3) is 12.2. The highest BCUT2D eigenvalue weighted by molar-refractivity contribution is 5.61. The fraction of sp³-hybridized carbons (Fsp3) is 0.432. The molecule has 422 valence electrons. The van der Waals surface area contributed by atoms with Gasteiger partial charge in [-0.15, -0.1) is 0 Å². The standard InChI is InChI=1S/C74H90O6/c1-69(2,3)57-29-45-23-46-30-58(70(4,5)6)32-48(64(46)76)25-50-34-60(72(10,11)12)36-52(66(50)78)27-54-38-62(74(16,17)18)40-56-28-55-39-61(73(13,14)15)37-53(67(55)79-41-43-21-19-20-22-44(43)42-80-68(54)56)26-51-35-59(71(7,8)9)33-49(65(51)77)24-47(31-57)63(45)75/h19-22,29-40,75-78H,23-28,41-42H2,1-18H3. The molecule has 4 N–H and O–H groups in total. The first-order valence-corrected chi connectivity index (χ1v) is 29.1. The Labute approximate surface area is 479 Å². The molecule has 0 aromatic heterocycles. The molecule has 0 saturated carbocycles. The molecule has 7 aromatic rings. The van der Waals surface area contributed by atoms with E-state index in [2.05, 4.69) is 222 Å². The van der Waals surface area contributed by atoms with Gasteiger partial charge in [0, 0.05) is 38.5 Å². The second-order valence-corrected chi connectivity index (χ2v) is 29.7. The van der Waals surface area contributed by atoms with Crippen LogP contribution in [0, 0.1) is 0 Å². The van der Waals surface area contributed by atoms with Crippen molar-refractivity contribution in [2.24, 2.45) is 0 Å². The molecule has 0 amide bonds. The fourth-order valence-corrected chi connectivity index (χ4v) is 11.5. The average molecular weight is 1080 g/mol. The maximum Gasteiger partial charge on any atom is 0.126 e. The number of benzene rings is 7. The summed E-state index contributed by atoms with van der Waals surface area (Å²) in [6.07, 6.45) is 2.11. The molecule has 0 fully saturated rings. The molecule has 7 aromatic carbocycles. The molecule has 0 atom stereocenters. The monoisotopic (exact) mass is 1070 g/mol. The lowest BCUT2D eigenvalue weighted by molar-refractivity contribution is 0.283. The number of phenolic OH excluding ortho intramolecular Hbond substituents is 4. The summed E-state index contributed by atoms with van der Waals surface area (Å²) in [7, 11) is 0. The smallest absolute Gasteiger partial charge is 0.126 e. The first kappa shape index (κ1) is 58.0. The SMILES string of the molecule is CC(C)(C)c1cc2c(O)c(c1)Cc1cc(C(C)(C)C)cc(c1O)Cc1cc(C(C)(C)C)cc3c1OCc1ccccc1COc1c(cc(C(C)(C)C)cc1C3)Cc1cc(C(C)(C)C)cc(c1O)Cc1cc(C(C)(C)C)cc(c1O)C2. The number of hydrogen-bond donors (Lipinski definition) is 4. The van der Waals surface area contributed by atoms with Crippen LogP contribution in [0.25, 0.3) is 0 Å². The van der Waals surface area contributed by atoms with Crippen LogP contribution in [-0.4, -0.2) is 20.4 Å². The van der Waals surface area contributed by atoms with E-state index in [4.69, 9.17) is 9.47 Å². The Morgan fingerprint density at radius 3 is 0.600 bits per heavy atom. The maximum absolute atomic E-state index is 12.9. The summed E-state index contributed by atoms with van der Waals surface area (Å²) in [5.41, 5.74) is 16.9. The van der Waals surface area contributed by atoms with Crippen LogP contribution in [0.4, 0.5) is 0 Å². The van der Waals surface area contributed by atoms with Crippen LogP contribution in [0.1, 0.15) is 236 Å². The molecule has 2 aliphatic rings. The Kier molecular flexibility index (Phi) is 15.0. The molecule has 9 rings (SSSR count). The van der Waals surface area contributed by atoms with Gasteiger partial charge in [0.05, 0.1) is 0 Å². The van der Waals surface area contributed by atoms with Gasteiger partial charge in [-0.2, -0.15) is 0 Å². The van der Waals surface area contributed by atoms with E-state index in [9.17, 15) is 20.4 Å². The van der Waals surface area contributed by atoms with Crippen LogP contribution in [-0.2, 0) is 84.2 Å². The Hall–Kier alpha value is -6.66. The molecule has 0 radical (unpaired) electrons. The Morgan fingerprint density at radius 1 is 0.250 bits per heavy atom. The van der Waals surface area contributed by atoms with Crippen LogP contribution in [0.3, 0.4) is 0 Å². The third-order valence-corrected chi connectivity index (χ3v) is 16.9. The Balaban J connectivity index is 1.41. The Morgan fingerprint density at radius 2 is 0.412 bits per heavy atom. The van der Waals surface area contributed by atoms with E-state index < -0.39 is 0 Å². The van der Waals surface area contributed by atoms with Crippen LogP contribution >= 0.6 is 0 Å². The zero-order valence-electron chi connectivity index (χ0n) is 51.5. The van der Waals surface area contributed by atoms with E-state index in [1.165, 1.54) is 0 Å². The first-order valence-electron chi connectivity index (χ1n) is 29.1. The van der Waals surface area contributed by atoms with Crippen molar-refractivity contribution in [1.82, 2.24) is 0 Å². The number of ether oxygens (including phenoxy) is 2. The lowest BCUT2D eigenvalue weighted by Gasteiger charge is -2.28. The van der Waals surface area contributed by atoms with Gasteiger partial charge in [0.15, 0.2) is 0 Å². The molecule has 1 heterocycles. The summed E-state index contributed by atoms with van der Waals surface area (Å²) in [4.78, 5) is 0. The summed E-state index contributed by atoms with van der Waals surface area (Å²) in [5, 5.41) is 51.1. The molecule has 14 bridgehead atoms. The zero-order chi connectivity index (χ0) is 58.4. The second kappa shape index (κ2) is 20.7. The van der Waals surface area contributed by atoms with Gasteiger partial charge in [-0.1, -0.05) is 222 Å². The molecule has 6 heteroatoms. The van der Waals surface area contributed by atoms with Crippen LogP contribution in [0.15, 0.2) is 97.1 Å². The highest BCUT2D eigenvalue weighted by Crippen LogP contribution is 2.46. The van der Waals surface area contributed by atoms with Crippen molar-refractivity contribution in [3.63, 3.8) is 0 Å². The minimum atomic E-state index is -0.290. The zero-order valence-corrected chi connectivity index (χ0v) is 51.5. The molecule has 1 aliphatic heterocycles. The van der Waals surface area contributed by atoms with Gasteiger partial charge < -0.3 is 29.9 Å². The maximum atomic E-state index is 12.9. The summed E-state index contributed by atoms with van der Waals surface area (Å²) in [5.74, 6) is 2.28. The number of aromatic hydroxyl groups is 4. The molecular formula is C74H90O6. The van der Waals surface area contributed by atoms with Crippen molar-refractivity contribution >= 4 is 0 Å². The van der Waals surface area contributed by atoms with Gasteiger partial charge in [0.25, 0.3) is 0 Å². The summed E-state index contributed by atoms with van der Waals surface area (Å²) in [6.45, 7) is 40.5. The third-order valence-electron chi connectivity index (χ3n) is 16.9. The highest BCUT2D eigenvalue weighted by atomic mass is 16.5. The highest BCUT2D eigenvalue weighted by Gasteiger charge is 2.31. The number of hydrogen-bond acceptors (Lipinski definition) is 6. The number of rotatable bonds is 0. The van der Waals surface area contributed by atoms with E-state index >= 15 is 0 Å². The van der Waals surface area contributed by atoms with E-state index in [-0.39, 0.29) is 74.8 Å². The first-order chi connectivity index (χ1) is 37.0. The van der Waals surface area contributed by atoms with E-state index in [0.29, 0.717) is 54.7 Å². The minimum absolute atomic E-state index is 0.147. The Bertz CT molecular complexity index is 3300. The molecular weight excluding hydrogens is 985 g/mol. The quantitative estimate of drug-likeness (QED) is 0.121. The lowest BCUT2D eigenvalue weighted by Crippen LogP contribution is -2.16. The summed E-state index contributed by atoms with van der Waals surface area (Å²) >= 11 is 0. The van der Waals surface area contributed by atoms with Crippen molar-refractivity contribution in [2.75, 3.05) is 0 Å². The fourth-order valence-electron chi connectivity index (χ4n) is 11.5. The van der Waals surface area contributed by atoms with Gasteiger partial charge in [-0.3, -0.25) is 0 Å². The van der Waals surface area contributed by atoms with Crippen LogP contribution in [0.5, 0.6) is 34.5 Å². The van der Waals surface area contributed by atoms with Crippen molar-refractivity contribution in [1.29, 1.82) is 0 Å². The average Bonchev–Trinajstić information content (AvgIpc) is 3.39.